The zero-order valence-electron chi connectivity index (χ0n) is 18.4. The van der Waals surface area contributed by atoms with Crippen molar-refractivity contribution in [3.63, 3.8) is 0 Å². The molecular weight excluding hydrogens is 407 g/mol. The molecule has 0 radical (unpaired) electrons. The topological polar surface area (TPSA) is 40.2 Å². The minimum absolute atomic E-state index is 0.00472. The third-order valence-electron chi connectivity index (χ3n) is 6.84. The van der Waals surface area contributed by atoms with E-state index in [1.807, 2.05) is 24.4 Å². The largest absolute Gasteiger partial charge is 0.362 e. The fourth-order valence-electron chi connectivity index (χ4n) is 5.07. The summed E-state index contributed by atoms with van der Waals surface area (Å²) in [5.41, 5.74) is 2.10. The van der Waals surface area contributed by atoms with E-state index in [9.17, 15) is 4.39 Å². The number of anilines is 2. The first kappa shape index (κ1) is 22.0. The summed E-state index contributed by atoms with van der Waals surface area (Å²) in [4.78, 5) is 7.01. The SMILES string of the molecule is CC1CCCN(c2ccc(NC(=S)NCC3(c4ccc(F)cc4)CCCCC3)cn2)C1. The molecule has 0 amide bonds. The highest BCUT2D eigenvalue weighted by Crippen LogP contribution is 2.39. The van der Waals surface area contributed by atoms with Gasteiger partial charge < -0.3 is 15.5 Å². The lowest BCUT2D eigenvalue weighted by atomic mass is 9.69. The maximum atomic E-state index is 13.4. The molecule has 4 rings (SSSR count). The Morgan fingerprint density at radius 1 is 1.13 bits per heavy atom. The van der Waals surface area contributed by atoms with Crippen molar-refractivity contribution in [2.24, 2.45) is 5.92 Å². The molecule has 1 aliphatic carbocycles. The van der Waals surface area contributed by atoms with Crippen molar-refractivity contribution >= 4 is 28.8 Å². The fraction of sp³-hybridized carbons (Fsp3) is 0.520. The van der Waals surface area contributed by atoms with Crippen molar-refractivity contribution in [1.82, 2.24) is 10.3 Å². The molecule has 31 heavy (non-hydrogen) atoms. The van der Waals surface area contributed by atoms with Gasteiger partial charge in [0.2, 0.25) is 0 Å². The molecule has 1 aromatic heterocycles. The highest BCUT2D eigenvalue weighted by Gasteiger charge is 2.34. The average molecular weight is 441 g/mol. The van der Waals surface area contributed by atoms with E-state index in [-0.39, 0.29) is 11.2 Å². The summed E-state index contributed by atoms with van der Waals surface area (Å²) in [6.45, 7) is 5.21. The van der Waals surface area contributed by atoms with Crippen LogP contribution in [0.5, 0.6) is 0 Å². The van der Waals surface area contributed by atoms with E-state index in [1.165, 1.54) is 37.7 Å². The van der Waals surface area contributed by atoms with Crippen molar-refractivity contribution in [2.45, 2.75) is 57.3 Å². The van der Waals surface area contributed by atoms with Crippen LogP contribution in [0.3, 0.4) is 0 Å². The third kappa shape index (κ3) is 5.53. The van der Waals surface area contributed by atoms with Crippen LogP contribution in [-0.2, 0) is 5.41 Å². The zero-order chi connectivity index (χ0) is 21.7. The molecule has 2 aromatic rings. The third-order valence-corrected chi connectivity index (χ3v) is 7.09. The normalized spacial score (nSPS) is 20.8. The molecule has 0 bridgehead atoms. The molecule has 1 aliphatic heterocycles. The van der Waals surface area contributed by atoms with E-state index < -0.39 is 0 Å². The second-order valence-corrected chi connectivity index (χ2v) is 9.66. The highest BCUT2D eigenvalue weighted by atomic mass is 32.1. The molecule has 2 aliphatic rings. The molecule has 2 heterocycles. The minimum Gasteiger partial charge on any atom is -0.362 e. The van der Waals surface area contributed by atoms with Crippen LogP contribution in [0.2, 0.25) is 0 Å². The van der Waals surface area contributed by atoms with Crippen LogP contribution < -0.4 is 15.5 Å². The van der Waals surface area contributed by atoms with Crippen LogP contribution in [0.1, 0.15) is 57.4 Å². The van der Waals surface area contributed by atoms with Crippen LogP contribution in [0.25, 0.3) is 0 Å². The van der Waals surface area contributed by atoms with Gasteiger partial charge in [-0.3, -0.25) is 0 Å². The predicted molar refractivity (Wildman–Crippen MR) is 130 cm³/mol. The van der Waals surface area contributed by atoms with Crippen molar-refractivity contribution in [2.75, 3.05) is 29.9 Å². The van der Waals surface area contributed by atoms with Gasteiger partial charge in [-0.2, -0.15) is 0 Å². The van der Waals surface area contributed by atoms with E-state index in [2.05, 4.69) is 33.5 Å². The Morgan fingerprint density at radius 2 is 1.90 bits per heavy atom. The van der Waals surface area contributed by atoms with Crippen LogP contribution in [0, 0.1) is 11.7 Å². The Labute approximate surface area is 190 Å². The number of halogens is 1. The lowest BCUT2D eigenvalue weighted by molar-refractivity contribution is 0.292. The first-order valence-electron chi connectivity index (χ1n) is 11.6. The Hall–Kier alpha value is -2.21. The second kappa shape index (κ2) is 9.94. The number of pyridine rings is 1. The van der Waals surface area contributed by atoms with Gasteiger partial charge in [0, 0.05) is 25.0 Å². The Kier molecular flexibility index (Phi) is 7.06. The molecular formula is C25H33FN4S. The maximum Gasteiger partial charge on any atom is 0.170 e. The van der Waals surface area contributed by atoms with E-state index in [0.29, 0.717) is 5.11 Å². The number of benzene rings is 1. The lowest BCUT2D eigenvalue weighted by Crippen LogP contribution is -2.43. The number of hydrogen-bond acceptors (Lipinski definition) is 3. The van der Waals surface area contributed by atoms with Gasteiger partial charge in [-0.25, -0.2) is 9.37 Å². The van der Waals surface area contributed by atoms with E-state index >= 15 is 0 Å². The molecule has 4 nitrogen and oxygen atoms in total. The maximum absolute atomic E-state index is 13.4. The number of hydrogen-bond donors (Lipinski definition) is 2. The van der Waals surface area contributed by atoms with E-state index in [0.717, 1.165) is 49.9 Å². The van der Waals surface area contributed by atoms with Gasteiger partial charge in [0.1, 0.15) is 11.6 Å². The van der Waals surface area contributed by atoms with Gasteiger partial charge in [0.05, 0.1) is 11.9 Å². The van der Waals surface area contributed by atoms with Crippen molar-refractivity contribution < 1.29 is 4.39 Å². The van der Waals surface area contributed by atoms with Crippen LogP contribution >= 0.6 is 12.2 Å². The fourth-order valence-corrected chi connectivity index (χ4v) is 5.26. The molecule has 0 spiro atoms. The van der Waals surface area contributed by atoms with Gasteiger partial charge in [0.25, 0.3) is 0 Å². The summed E-state index contributed by atoms with van der Waals surface area (Å²) in [7, 11) is 0. The smallest absolute Gasteiger partial charge is 0.170 e. The summed E-state index contributed by atoms with van der Waals surface area (Å²) in [6, 6.07) is 11.1. The van der Waals surface area contributed by atoms with E-state index in [1.54, 1.807) is 12.1 Å². The molecule has 1 unspecified atom stereocenters. The summed E-state index contributed by atoms with van der Waals surface area (Å²) in [5, 5.41) is 7.31. The highest BCUT2D eigenvalue weighted by molar-refractivity contribution is 7.80. The standard InChI is InChI=1S/C25H33FN4S/c1-19-6-5-15-30(17-19)23-12-11-22(16-27-23)29-24(31)28-18-25(13-3-2-4-14-25)20-7-9-21(26)10-8-20/h7-12,16,19H,2-6,13-15,17-18H2,1H3,(H2,28,29,31). The number of piperidine rings is 1. The van der Waals surface area contributed by atoms with Crippen LogP contribution in [-0.4, -0.2) is 29.7 Å². The second-order valence-electron chi connectivity index (χ2n) is 9.25. The first-order chi connectivity index (χ1) is 15.0. The van der Waals surface area contributed by atoms with Crippen molar-refractivity contribution in [3.05, 3.63) is 54.0 Å². The van der Waals surface area contributed by atoms with Crippen molar-refractivity contribution in [3.8, 4) is 0 Å². The molecule has 6 heteroatoms. The Morgan fingerprint density at radius 3 is 2.58 bits per heavy atom. The molecule has 166 valence electrons. The molecule has 1 atom stereocenters. The number of nitrogens with zero attached hydrogens (tertiary/aromatic N) is 2. The predicted octanol–water partition coefficient (Wildman–Crippen LogP) is 5.65. The quantitative estimate of drug-likeness (QED) is 0.588. The summed E-state index contributed by atoms with van der Waals surface area (Å²) in [5.74, 6) is 1.57. The van der Waals surface area contributed by atoms with Gasteiger partial charge in [-0.1, -0.05) is 38.3 Å². The van der Waals surface area contributed by atoms with Crippen LogP contribution in [0.15, 0.2) is 42.6 Å². The first-order valence-corrected chi connectivity index (χ1v) is 12.0. The number of nitrogens with one attached hydrogen (secondary N) is 2. The zero-order valence-corrected chi connectivity index (χ0v) is 19.2. The van der Waals surface area contributed by atoms with E-state index in [4.69, 9.17) is 12.2 Å². The van der Waals surface area contributed by atoms with Gasteiger partial charge in [0.15, 0.2) is 5.11 Å². The van der Waals surface area contributed by atoms with Gasteiger partial charge in [-0.05, 0) is 73.6 Å². The average Bonchev–Trinajstić information content (AvgIpc) is 2.79. The molecule has 1 saturated heterocycles. The number of rotatable bonds is 5. The van der Waals surface area contributed by atoms with Crippen LogP contribution in [0.4, 0.5) is 15.9 Å². The summed E-state index contributed by atoms with van der Waals surface area (Å²) < 4.78 is 13.4. The molecule has 1 saturated carbocycles. The minimum atomic E-state index is -0.185. The molecule has 2 N–H and O–H groups in total. The lowest BCUT2D eigenvalue weighted by Gasteiger charge is -2.38. The Bertz CT molecular complexity index is 862. The molecule has 2 fully saturated rings. The number of thiocarbonyl (C=S) groups is 1. The summed E-state index contributed by atoms with van der Waals surface area (Å²) in [6.07, 6.45) is 10.2. The molecule has 1 aromatic carbocycles. The van der Waals surface area contributed by atoms with Crippen molar-refractivity contribution in [1.29, 1.82) is 0 Å². The van der Waals surface area contributed by atoms with Gasteiger partial charge in [-0.15, -0.1) is 0 Å². The summed E-state index contributed by atoms with van der Waals surface area (Å²) >= 11 is 5.58. The number of aromatic nitrogens is 1. The monoisotopic (exact) mass is 440 g/mol. The van der Waals surface area contributed by atoms with Gasteiger partial charge >= 0.3 is 0 Å². The Balaban J connectivity index is 1.35.